The van der Waals surface area contributed by atoms with Crippen LogP contribution in [0.25, 0.3) is 0 Å². The third kappa shape index (κ3) is 3.27. The lowest BCUT2D eigenvalue weighted by Crippen LogP contribution is -2.29. The zero-order valence-corrected chi connectivity index (χ0v) is 9.91. The van der Waals surface area contributed by atoms with E-state index in [9.17, 15) is 9.59 Å². The van der Waals surface area contributed by atoms with Crippen LogP contribution < -0.4 is 5.32 Å². The van der Waals surface area contributed by atoms with E-state index in [1.165, 1.54) is 18.8 Å². The lowest BCUT2D eigenvalue weighted by atomic mass is 10.1. The molecule has 86 valence electrons. The minimum absolute atomic E-state index is 0.211. The number of carbonyl (C=O) groups excluding carboxylic acids is 2. The van der Waals surface area contributed by atoms with Gasteiger partial charge in [0.1, 0.15) is 0 Å². The van der Waals surface area contributed by atoms with Crippen molar-refractivity contribution < 1.29 is 14.3 Å². The van der Waals surface area contributed by atoms with E-state index < -0.39 is 11.5 Å². The number of rotatable bonds is 4. The number of thioether (sulfide) groups is 1. The number of alkyl carbamates (subject to hydrolysis) is 1. The zero-order valence-electron chi connectivity index (χ0n) is 9.10. The molecule has 0 aliphatic heterocycles. The first-order valence-corrected chi connectivity index (χ1v) is 5.98. The molecule has 0 aromatic heterocycles. The van der Waals surface area contributed by atoms with Crippen molar-refractivity contribution >= 4 is 23.6 Å². The molecule has 1 rings (SSSR count). The second-order valence-corrected chi connectivity index (χ2v) is 3.85. The van der Waals surface area contributed by atoms with Crippen molar-refractivity contribution in [3.05, 3.63) is 35.9 Å². The van der Waals surface area contributed by atoms with Crippen LogP contribution in [0.5, 0.6) is 0 Å². The number of ketones is 1. The second kappa shape index (κ2) is 6.17. The Morgan fingerprint density at radius 1 is 1.31 bits per heavy atom. The highest BCUT2D eigenvalue weighted by atomic mass is 32.2. The molecule has 0 aliphatic rings. The standard InChI is InChI=1S/C11H13NO3S/c1-12-11(14)15-10(16-2)9(13)8-6-4-3-5-7-8/h3-7,10H,1-2H3,(H,12,14). The Morgan fingerprint density at radius 3 is 2.44 bits per heavy atom. The number of hydrogen-bond donors (Lipinski definition) is 1. The summed E-state index contributed by atoms with van der Waals surface area (Å²) in [6.07, 6.45) is 1.11. The minimum Gasteiger partial charge on any atom is -0.427 e. The lowest BCUT2D eigenvalue weighted by Gasteiger charge is -2.13. The van der Waals surface area contributed by atoms with Gasteiger partial charge in [-0.1, -0.05) is 30.3 Å². The van der Waals surface area contributed by atoms with Gasteiger partial charge in [-0.25, -0.2) is 4.79 Å². The molecule has 0 radical (unpaired) electrons. The van der Waals surface area contributed by atoms with Crippen molar-refractivity contribution in [3.8, 4) is 0 Å². The number of Topliss-reactive ketones (excluding diaryl/α,β-unsaturated/α-hetero) is 1. The van der Waals surface area contributed by atoms with Crippen LogP contribution in [0.2, 0.25) is 0 Å². The zero-order chi connectivity index (χ0) is 12.0. The molecule has 0 heterocycles. The van der Waals surface area contributed by atoms with E-state index in [0.717, 1.165) is 0 Å². The average molecular weight is 239 g/mol. The number of nitrogens with one attached hydrogen (secondary N) is 1. The minimum atomic E-state index is -0.803. The molecule has 1 unspecified atom stereocenters. The van der Waals surface area contributed by atoms with Gasteiger partial charge in [-0.2, -0.15) is 0 Å². The van der Waals surface area contributed by atoms with Crippen molar-refractivity contribution in [1.29, 1.82) is 0 Å². The van der Waals surface area contributed by atoms with Crippen LogP contribution in [-0.4, -0.2) is 30.6 Å². The Kier molecular flexibility index (Phi) is 4.85. The molecule has 5 heteroatoms. The molecule has 0 saturated heterocycles. The van der Waals surface area contributed by atoms with Crippen LogP contribution in [0.3, 0.4) is 0 Å². The second-order valence-electron chi connectivity index (χ2n) is 2.95. The monoisotopic (exact) mass is 239 g/mol. The van der Waals surface area contributed by atoms with Crippen LogP contribution >= 0.6 is 11.8 Å². The molecule has 1 N–H and O–H groups in total. The first-order chi connectivity index (χ1) is 7.69. The van der Waals surface area contributed by atoms with Crippen LogP contribution in [0.15, 0.2) is 30.3 Å². The highest BCUT2D eigenvalue weighted by molar-refractivity contribution is 7.99. The van der Waals surface area contributed by atoms with Crippen LogP contribution in [0.4, 0.5) is 4.79 Å². The predicted molar refractivity (Wildman–Crippen MR) is 63.6 cm³/mol. The highest BCUT2D eigenvalue weighted by Gasteiger charge is 2.22. The van der Waals surface area contributed by atoms with Gasteiger partial charge in [0.25, 0.3) is 0 Å². The summed E-state index contributed by atoms with van der Waals surface area (Å²) in [6, 6.07) is 8.75. The number of carbonyl (C=O) groups is 2. The molecule has 0 aliphatic carbocycles. The summed E-state index contributed by atoms with van der Waals surface area (Å²) < 4.78 is 4.93. The maximum atomic E-state index is 11.9. The third-order valence-corrected chi connectivity index (χ3v) is 2.64. The van der Waals surface area contributed by atoms with Gasteiger partial charge in [0.05, 0.1) is 0 Å². The van der Waals surface area contributed by atoms with Crippen molar-refractivity contribution in [1.82, 2.24) is 5.32 Å². The van der Waals surface area contributed by atoms with E-state index in [-0.39, 0.29) is 5.78 Å². The van der Waals surface area contributed by atoms with Gasteiger partial charge >= 0.3 is 6.09 Å². The van der Waals surface area contributed by atoms with Crippen LogP contribution in [-0.2, 0) is 4.74 Å². The van der Waals surface area contributed by atoms with Gasteiger partial charge in [-0.05, 0) is 6.26 Å². The Hall–Kier alpha value is -1.49. The summed E-state index contributed by atoms with van der Waals surface area (Å²) in [5.74, 6) is -0.211. The number of hydrogen-bond acceptors (Lipinski definition) is 4. The van der Waals surface area contributed by atoms with Crippen LogP contribution in [0, 0.1) is 0 Å². The van der Waals surface area contributed by atoms with Crippen molar-refractivity contribution in [3.63, 3.8) is 0 Å². The fourth-order valence-corrected chi connectivity index (χ4v) is 1.64. The Labute approximate surface area is 98.4 Å². The summed E-state index contributed by atoms with van der Waals surface area (Å²) in [5, 5.41) is 2.31. The molecule has 1 aromatic rings. The summed E-state index contributed by atoms with van der Waals surface area (Å²) in [4.78, 5) is 22.9. The SMILES string of the molecule is CNC(=O)OC(SC)C(=O)c1ccccc1. The molecule has 1 amide bonds. The maximum Gasteiger partial charge on any atom is 0.408 e. The largest absolute Gasteiger partial charge is 0.427 e. The average Bonchev–Trinajstić information content (AvgIpc) is 2.35. The van der Waals surface area contributed by atoms with Gasteiger partial charge in [0.2, 0.25) is 11.2 Å². The van der Waals surface area contributed by atoms with Gasteiger partial charge in [-0.15, -0.1) is 11.8 Å². The highest BCUT2D eigenvalue weighted by Crippen LogP contribution is 2.15. The fourth-order valence-electron chi connectivity index (χ4n) is 1.10. The van der Waals surface area contributed by atoms with E-state index in [1.807, 2.05) is 6.07 Å². The molecule has 1 aromatic carbocycles. The molecule has 0 saturated carbocycles. The molecule has 0 bridgehead atoms. The number of amides is 1. The van der Waals surface area contributed by atoms with E-state index in [0.29, 0.717) is 5.56 Å². The summed E-state index contributed by atoms with van der Waals surface area (Å²) >= 11 is 1.18. The number of ether oxygens (including phenoxy) is 1. The van der Waals surface area contributed by atoms with E-state index >= 15 is 0 Å². The predicted octanol–water partition coefficient (Wildman–Crippen LogP) is 1.91. The quantitative estimate of drug-likeness (QED) is 0.644. The van der Waals surface area contributed by atoms with Crippen molar-refractivity contribution in [2.45, 2.75) is 5.44 Å². The van der Waals surface area contributed by atoms with Gasteiger partial charge in [0.15, 0.2) is 0 Å². The van der Waals surface area contributed by atoms with Crippen LogP contribution in [0.1, 0.15) is 10.4 Å². The van der Waals surface area contributed by atoms with Gasteiger partial charge in [-0.3, -0.25) is 4.79 Å². The summed E-state index contributed by atoms with van der Waals surface area (Å²) in [5.41, 5.74) is -0.270. The number of benzene rings is 1. The molecule has 16 heavy (non-hydrogen) atoms. The first-order valence-electron chi connectivity index (χ1n) is 4.69. The molecule has 4 nitrogen and oxygen atoms in total. The summed E-state index contributed by atoms with van der Waals surface area (Å²) in [7, 11) is 1.45. The Morgan fingerprint density at radius 2 is 1.94 bits per heavy atom. The lowest BCUT2D eigenvalue weighted by molar-refractivity contribution is 0.0798. The van der Waals surface area contributed by atoms with E-state index in [2.05, 4.69) is 5.32 Å². The van der Waals surface area contributed by atoms with Crippen molar-refractivity contribution in [2.75, 3.05) is 13.3 Å². The molecular formula is C11H13NO3S. The molecule has 0 fully saturated rings. The summed E-state index contributed by atoms with van der Waals surface area (Å²) in [6.45, 7) is 0. The normalized spacial score (nSPS) is 11.6. The van der Waals surface area contributed by atoms with Gasteiger partial charge in [0, 0.05) is 12.6 Å². The third-order valence-electron chi connectivity index (χ3n) is 1.90. The van der Waals surface area contributed by atoms with Gasteiger partial charge < -0.3 is 10.1 Å². The topological polar surface area (TPSA) is 55.4 Å². The van der Waals surface area contributed by atoms with E-state index in [1.54, 1.807) is 30.5 Å². The Bertz CT molecular complexity index is 367. The maximum absolute atomic E-state index is 11.9. The Balaban J connectivity index is 2.74. The smallest absolute Gasteiger partial charge is 0.408 e. The molecule has 0 spiro atoms. The van der Waals surface area contributed by atoms with E-state index in [4.69, 9.17) is 4.74 Å². The first kappa shape index (κ1) is 12.6. The van der Waals surface area contributed by atoms with Crippen molar-refractivity contribution in [2.24, 2.45) is 0 Å². The molecular weight excluding hydrogens is 226 g/mol. The molecule has 1 atom stereocenters. The fraction of sp³-hybridized carbons (Fsp3) is 0.273.